The maximum absolute atomic E-state index is 13.3. The Morgan fingerprint density at radius 2 is 1.95 bits per heavy atom. The van der Waals surface area contributed by atoms with Gasteiger partial charge in [-0.2, -0.15) is 0 Å². The number of hydrogen-bond acceptors (Lipinski definition) is 2. The zero-order chi connectivity index (χ0) is 14.0. The van der Waals surface area contributed by atoms with E-state index in [0.29, 0.717) is 18.9 Å². The summed E-state index contributed by atoms with van der Waals surface area (Å²) in [5, 5.41) is 14.1. The first-order valence-corrected chi connectivity index (χ1v) is 5.82. The summed E-state index contributed by atoms with van der Waals surface area (Å²) in [6, 6.07) is 0.851. The highest BCUT2D eigenvalue weighted by molar-refractivity contribution is 5.89. The predicted octanol–water partition coefficient (Wildman–Crippen LogP) is 2.14. The van der Waals surface area contributed by atoms with Gasteiger partial charge in [0.1, 0.15) is 0 Å². The Labute approximate surface area is 107 Å². The third-order valence-electron chi connectivity index (χ3n) is 3.15. The number of urea groups is 1. The van der Waals surface area contributed by atoms with Crippen LogP contribution in [0.1, 0.15) is 19.3 Å². The van der Waals surface area contributed by atoms with E-state index in [-0.39, 0.29) is 6.54 Å². The molecule has 1 aliphatic rings. The van der Waals surface area contributed by atoms with Crippen molar-refractivity contribution < 1.29 is 23.1 Å². The molecule has 0 bridgehead atoms. The number of anilines is 1. The number of hydrogen-bond donors (Lipinski definition) is 3. The first-order valence-electron chi connectivity index (χ1n) is 5.82. The number of rotatable bonds is 3. The molecule has 1 saturated carbocycles. The molecule has 1 aliphatic carbocycles. The van der Waals surface area contributed by atoms with Crippen LogP contribution in [0.4, 0.5) is 23.7 Å². The Morgan fingerprint density at radius 3 is 2.53 bits per heavy atom. The van der Waals surface area contributed by atoms with Gasteiger partial charge in [-0.3, -0.25) is 0 Å². The summed E-state index contributed by atoms with van der Waals surface area (Å²) in [5.74, 6) is -4.43. The number of amides is 2. The van der Waals surface area contributed by atoms with Crippen molar-refractivity contribution in [2.45, 2.75) is 24.9 Å². The molecule has 2 rings (SSSR count). The summed E-state index contributed by atoms with van der Waals surface area (Å²) >= 11 is 0. The summed E-state index contributed by atoms with van der Waals surface area (Å²) in [5.41, 5.74) is -1.37. The molecule has 1 aromatic carbocycles. The molecule has 0 heterocycles. The molecule has 2 amide bonds. The van der Waals surface area contributed by atoms with Gasteiger partial charge in [0.05, 0.1) is 11.3 Å². The highest BCUT2D eigenvalue weighted by atomic mass is 19.2. The van der Waals surface area contributed by atoms with Gasteiger partial charge in [-0.05, 0) is 31.4 Å². The van der Waals surface area contributed by atoms with Crippen molar-refractivity contribution in [2.75, 3.05) is 11.9 Å². The van der Waals surface area contributed by atoms with Crippen LogP contribution in [0.2, 0.25) is 0 Å². The number of nitrogens with one attached hydrogen (secondary N) is 2. The summed E-state index contributed by atoms with van der Waals surface area (Å²) in [4.78, 5) is 11.4. The van der Waals surface area contributed by atoms with Gasteiger partial charge in [0.15, 0.2) is 17.5 Å². The monoisotopic (exact) mass is 274 g/mol. The minimum absolute atomic E-state index is 0.0319. The van der Waals surface area contributed by atoms with Gasteiger partial charge in [0, 0.05) is 6.54 Å². The van der Waals surface area contributed by atoms with Gasteiger partial charge in [0.25, 0.3) is 0 Å². The van der Waals surface area contributed by atoms with Crippen LogP contribution >= 0.6 is 0 Å². The highest BCUT2D eigenvalue weighted by Crippen LogP contribution is 2.30. The fourth-order valence-electron chi connectivity index (χ4n) is 1.80. The van der Waals surface area contributed by atoms with E-state index < -0.39 is 34.8 Å². The molecular weight excluding hydrogens is 261 g/mol. The maximum Gasteiger partial charge on any atom is 0.319 e. The third kappa shape index (κ3) is 2.98. The summed E-state index contributed by atoms with van der Waals surface area (Å²) < 4.78 is 38.9. The summed E-state index contributed by atoms with van der Waals surface area (Å²) in [7, 11) is 0. The number of carbonyl (C=O) groups excluding carboxylic acids is 1. The Kier molecular flexibility index (Phi) is 3.66. The molecule has 1 aromatic rings. The highest BCUT2D eigenvalue weighted by Gasteiger charge is 2.34. The van der Waals surface area contributed by atoms with Crippen molar-refractivity contribution in [2.24, 2.45) is 0 Å². The predicted molar refractivity (Wildman–Crippen MR) is 62.1 cm³/mol. The van der Waals surface area contributed by atoms with E-state index in [2.05, 4.69) is 10.6 Å². The van der Waals surface area contributed by atoms with Crippen LogP contribution in [-0.2, 0) is 0 Å². The lowest BCUT2D eigenvalue weighted by atomic mass is 9.80. The standard InChI is InChI=1S/C12H13F3N2O2/c13-7-2-3-8(10(15)9(7)14)17-11(18)16-6-12(19)4-1-5-12/h2-3,19H,1,4-6H2,(H2,16,17,18). The minimum atomic E-state index is -1.64. The average Bonchev–Trinajstić information content (AvgIpc) is 2.35. The molecule has 1 fully saturated rings. The smallest absolute Gasteiger partial charge is 0.319 e. The van der Waals surface area contributed by atoms with Crippen LogP contribution in [-0.4, -0.2) is 23.3 Å². The molecule has 0 spiro atoms. The van der Waals surface area contributed by atoms with E-state index in [1.165, 1.54) is 0 Å². The first kappa shape index (κ1) is 13.7. The lowest BCUT2D eigenvalue weighted by Crippen LogP contribution is -2.48. The molecule has 0 unspecified atom stereocenters. The normalized spacial score (nSPS) is 16.6. The molecule has 0 saturated heterocycles. The van der Waals surface area contributed by atoms with Crippen molar-refractivity contribution in [1.82, 2.24) is 5.32 Å². The quantitative estimate of drug-likeness (QED) is 0.739. The number of halogens is 3. The van der Waals surface area contributed by atoms with E-state index in [1.807, 2.05) is 0 Å². The van der Waals surface area contributed by atoms with Gasteiger partial charge in [-0.15, -0.1) is 0 Å². The average molecular weight is 274 g/mol. The Bertz CT molecular complexity index is 504. The van der Waals surface area contributed by atoms with Gasteiger partial charge in [0.2, 0.25) is 0 Å². The van der Waals surface area contributed by atoms with Crippen molar-refractivity contribution >= 4 is 11.7 Å². The number of carbonyl (C=O) groups is 1. The summed E-state index contributed by atoms with van der Waals surface area (Å²) in [6.45, 7) is 0.0319. The SMILES string of the molecule is O=C(NCC1(O)CCC1)Nc1ccc(F)c(F)c1F. The number of benzene rings is 1. The molecule has 19 heavy (non-hydrogen) atoms. The second kappa shape index (κ2) is 5.08. The molecule has 3 N–H and O–H groups in total. The summed E-state index contributed by atoms with van der Waals surface area (Å²) in [6.07, 6.45) is 2.07. The first-order chi connectivity index (χ1) is 8.91. The van der Waals surface area contributed by atoms with E-state index in [4.69, 9.17) is 0 Å². The van der Waals surface area contributed by atoms with Crippen LogP contribution in [0.25, 0.3) is 0 Å². The minimum Gasteiger partial charge on any atom is -0.388 e. The maximum atomic E-state index is 13.3. The second-order valence-electron chi connectivity index (χ2n) is 4.61. The van der Waals surface area contributed by atoms with Crippen LogP contribution in [0, 0.1) is 17.5 Å². The van der Waals surface area contributed by atoms with Crippen molar-refractivity contribution in [1.29, 1.82) is 0 Å². The third-order valence-corrected chi connectivity index (χ3v) is 3.15. The number of aliphatic hydroxyl groups is 1. The van der Waals surface area contributed by atoms with Gasteiger partial charge >= 0.3 is 6.03 Å². The molecule has 0 atom stereocenters. The fraction of sp³-hybridized carbons (Fsp3) is 0.417. The van der Waals surface area contributed by atoms with E-state index in [0.717, 1.165) is 12.5 Å². The lowest BCUT2D eigenvalue weighted by molar-refractivity contribution is -0.0287. The molecule has 0 radical (unpaired) electrons. The fourth-order valence-corrected chi connectivity index (χ4v) is 1.80. The van der Waals surface area contributed by atoms with E-state index in [1.54, 1.807) is 0 Å². The van der Waals surface area contributed by atoms with Crippen molar-refractivity contribution in [3.63, 3.8) is 0 Å². The molecule has 0 aromatic heterocycles. The molecule has 104 valence electrons. The van der Waals surface area contributed by atoms with Crippen LogP contribution < -0.4 is 10.6 Å². The second-order valence-corrected chi connectivity index (χ2v) is 4.61. The van der Waals surface area contributed by atoms with Crippen LogP contribution in [0.3, 0.4) is 0 Å². The molecule has 7 heteroatoms. The van der Waals surface area contributed by atoms with E-state index >= 15 is 0 Å². The van der Waals surface area contributed by atoms with Crippen LogP contribution in [0.15, 0.2) is 12.1 Å². The Balaban J connectivity index is 1.93. The molecule has 0 aliphatic heterocycles. The van der Waals surface area contributed by atoms with Gasteiger partial charge in [-0.25, -0.2) is 18.0 Å². The lowest BCUT2D eigenvalue weighted by Gasteiger charge is -2.36. The zero-order valence-electron chi connectivity index (χ0n) is 9.97. The van der Waals surface area contributed by atoms with Crippen LogP contribution in [0.5, 0.6) is 0 Å². The Hall–Kier alpha value is -1.76. The Morgan fingerprint density at radius 1 is 1.26 bits per heavy atom. The van der Waals surface area contributed by atoms with Gasteiger partial charge in [-0.1, -0.05) is 0 Å². The largest absolute Gasteiger partial charge is 0.388 e. The zero-order valence-corrected chi connectivity index (χ0v) is 9.97. The van der Waals surface area contributed by atoms with Gasteiger partial charge < -0.3 is 15.7 Å². The molecule has 4 nitrogen and oxygen atoms in total. The molecular formula is C12H13F3N2O2. The van der Waals surface area contributed by atoms with E-state index in [9.17, 15) is 23.1 Å². The van der Waals surface area contributed by atoms with Crippen molar-refractivity contribution in [3.05, 3.63) is 29.6 Å². The van der Waals surface area contributed by atoms with Crippen molar-refractivity contribution in [3.8, 4) is 0 Å². The topological polar surface area (TPSA) is 61.4 Å².